The molecule has 0 fully saturated rings. The number of carbonyl (C=O) groups is 2. The summed E-state index contributed by atoms with van der Waals surface area (Å²) >= 11 is 0. The smallest absolute Gasteiger partial charge is 0.255 e. The van der Waals surface area contributed by atoms with E-state index in [0.717, 1.165) is 5.56 Å². The number of primary amides is 1. The molecule has 19 heavy (non-hydrogen) atoms. The van der Waals surface area contributed by atoms with Crippen molar-refractivity contribution >= 4 is 11.8 Å². The summed E-state index contributed by atoms with van der Waals surface area (Å²) in [6.45, 7) is 3.25. The van der Waals surface area contributed by atoms with Crippen molar-refractivity contribution in [2.24, 2.45) is 5.73 Å². The van der Waals surface area contributed by atoms with Gasteiger partial charge >= 0.3 is 0 Å². The molecular formula is C13H19N3O3. The first kappa shape index (κ1) is 15.0. The normalized spacial score (nSPS) is 9.95. The number of hydrogen-bond donors (Lipinski definition) is 3. The second-order valence-electron chi connectivity index (χ2n) is 3.96. The Hall–Kier alpha value is -2.08. The summed E-state index contributed by atoms with van der Waals surface area (Å²) in [5.41, 5.74) is 6.00. The van der Waals surface area contributed by atoms with Gasteiger partial charge in [0.15, 0.2) is 6.61 Å². The van der Waals surface area contributed by atoms with E-state index >= 15 is 0 Å². The Balaban J connectivity index is 2.31. The molecule has 0 aromatic heterocycles. The quantitative estimate of drug-likeness (QED) is 0.605. The standard InChI is InChI=1S/C13H19N3O3/c1-2-16-13(18)8-15-7-10-3-5-11(6-4-10)19-9-12(14)17/h3-6,15H,2,7-9H2,1H3,(H2,14,17)(H,16,18). The highest BCUT2D eigenvalue weighted by Crippen LogP contribution is 2.11. The molecule has 0 unspecified atom stereocenters. The first-order valence-corrected chi connectivity index (χ1v) is 6.09. The number of hydrogen-bond acceptors (Lipinski definition) is 4. The molecule has 0 atom stereocenters. The van der Waals surface area contributed by atoms with Gasteiger partial charge in [-0.15, -0.1) is 0 Å². The molecule has 0 radical (unpaired) electrons. The maximum atomic E-state index is 11.2. The second-order valence-corrected chi connectivity index (χ2v) is 3.96. The van der Waals surface area contributed by atoms with E-state index in [4.69, 9.17) is 10.5 Å². The van der Waals surface area contributed by atoms with Gasteiger partial charge in [0.1, 0.15) is 5.75 Å². The highest BCUT2D eigenvalue weighted by atomic mass is 16.5. The molecule has 1 aromatic carbocycles. The predicted molar refractivity (Wildman–Crippen MR) is 71.5 cm³/mol. The van der Waals surface area contributed by atoms with Crippen LogP contribution in [0, 0.1) is 0 Å². The minimum Gasteiger partial charge on any atom is -0.484 e. The van der Waals surface area contributed by atoms with E-state index in [1.54, 1.807) is 12.1 Å². The summed E-state index contributed by atoms with van der Waals surface area (Å²) in [5, 5.41) is 5.73. The Labute approximate surface area is 112 Å². The van der Waals surface area contributed by atoms with Gasteiger partial charge in [-0.3, -0.25) is 9.59 Å². The molecule has 0 heterocycles. The van der Waals surface area contributed by atoms with Crippen LogP contribution in [0.2, 0.25) is 0 Å². The van der Waals surface area contributed by atoms with Crippen LogP contribution >= 0.6 is 0 Å². The van der Waals surface area contributed by atoms with Gasteiger partial charge in [-0.05, 0) is 24.6 Å². The van der Waals surface area contributed by atoms with Crippen molar-refractivity contribution in [2.75, 3.05) is 19.7 Å². The predicted octanol–water partition coefficient (Wildman–Crippen LogP) is -0.224. The minimum absolute atomic E-state index is 0.0242. The summed E-state index contributed by atoms with van der Waals surface area (Å²) in [6.07, 6.45) is 0. The fraction of sp³-hybridized carbons (Fsp3) is 0.385. The average Bonchev–Trinajstić information content (AvgIpc) is 2.38. The molecule has 0 aliphatic heterocycles. The van der Waals surface area contributed by atoms with Crippen LogP contribution in [0.15, 0.2) is 24.3 Å². The van der Waals surface area contributed by atoms with Gasteiger partial charge in [0.2, 0.25) is 5.91 Å². The maximum Gasteiger partial charge on any atom is 0.255 e. The fourth-order valence-electron chi connectivity index (χ4n) is 1.44. The Kier molecular flexibility index (Phi) is 6.38. The van der Waals surface area contributed by atoms with E-state index in [2.05, 4.69) is 10.6 Å². The van der Waals surface area contributed by atoms with Gasteiger partial charge in [-0.2, -0.15) is 0 Å². The Morgan fingerprint density at radius 3 is 2.53 bits per heavy atom. The maximum absolute atomic E-state index is 11.2. The molecule has 1 aromatic rings. The fourth-order valence-corrected chi connectivity index (χ4v) is 1.44. The molecule has 2 amide bonds. The molecule has 104 valence electrons. The lowest BCUT2D eigenvalue weighted by Crippen LogP contribution is -2.33. The zero-order valence-electron chi connectivity index (χ0n) is 10.9. The number of nitrogens with one attached hydrogen (secondary N) is 2. The van der Waals surface area contributed by atoms with E-state index in [0.29, 0.717) is 18.8 Å². The molecule has 4 N–H and O–H groups in total. The van der Waals surface area contributed by atoms with Crippen molar-refractivity contribution in [3.63, 3.8) is 0 Å². The van der Waals surface area contributed by atoms with Crippen molar-refractivity contribution in [1.29, 1.82) is 0 Å². The first-order chi connectivity index (χ1) is 9.11. The van der Waals surface area contributed by atoms with E-state index in [9.17, 15) is 9.59 Å². The molecule has 0 aliphatic rings. The zero-order valence-corrected chi connectivity index (χ0v) is 10.9. The lowest BCUT2D eigenvalue weighted by atomic mass is 10.2. The van der Waals surface area contributed by atoms with Gasteiger partial charge in [0.25, 0.3) is 5.91 Å². The molecule has 1 rings (SSSR count). The summed E-state index contributed by atoms with van der Waals surface area (Å²) in [7, 11) is 0. The monoisotopic (exact) mass is 265 g/mol. The van der Waals surface area contributed by atoms with Gasteiger partial charge in [-0.25, -0.2) is 0 Å². The molecular weight excluding hydrogens is 246 g/mol. The molecule has 0 saturated heterocycles. The summed E-state index contributed by atoms with van der Waals surface area (Å²) in [5.74, 6) is 0.0582. The third-order valence-electron chi connectivity index (χ3n) is 2.29. The molecule has 0 bridgehead atoms. The van der Waals surface area contributed by atoms with Gasteiger partial charge in [0, 0.05) is 13.1 Å². The van der Waals surface area contributed by atoms with Crippen LogP contribution < -0.4 is 21.1 Å². The van der Waals surface area contributed by atoms with Gasteiger partial charge < -0.3 is 21.1 Å². The van der Waals surface area contributed by atoms with Crippen molar-refractivity contribution in [3.05, 3.63) is 29.8 Å². The lowest BCUT2D eigenvalue weighted by Gasteiger charge is -2.07. The van der Waals surface area contributed by atoms with Crippen molar-refractivity contribution in [1.82, 2.24) is 10.6 Å². The first-order valence-electron chi connectivity index (χ1n) is 6.09. The number of likely N-dealkylation sites (N-methyl/N-ethyl adjacent to an activating group) is 1. The van der Waals surface area contributed by atoms with E-state index in [1.807, 2.05) is 19.1 Å². The van der Waals surface area contributed by atoms with Crippen LogP contribution in [0.1, 0.15) is 12.5 Å². The Morgan fingerprint density at radius 1 is 1.26 bits per heavy atom. The highest BCUT2D eigenvalue weighted by molar-refractivity contribution is 5.77. The Bertz CT molecular complexity index is 418. The van der Waals surface area contributed by atoms with Crippen LogP contribution in [-0.4, -0.2) is 31.5 Å². The molecule has 6 heteroatoms. The van der Waals surface area contributed by atoms with Crippen LogP contribution in [-0.2, 0) is 16.1 Å². The minimum atomic E-state index is -0.507. The molecule has 0 spiro atoms. The van der Waals surface area contributed by atoms with Crippen LogP contribution in [0.25, 0.3) is 0 Å². The number of amides is 2. The third kappa shape index (κ3) is 6.42. The summed E-state index contributed by atoms with van der Waals surface area (Å²) < 4.78 is 5.14. The van der Waals surface area contributed by atoms with Crippen LogP contribution in [0.5, 0.6) is 5.75 Å². The number of ether oxygens (including phenoxy) is 1. The summed E-state index contributed by atoms with van der Waals surface area (Å²) in [4.78, 5) is 21.7. The Morgan fingerprint density at radius 2 is 1.95 bits per heavy atom. The van der Waals surface area contributed by atoms with Crippen molar-refractivity contribution in [3.8, 4) is 5.75 Å². The molecule has 0 aliphatic carbocycles. The van der Waals surface area contributed by atoms with Crippen molar-refractivity contribution < 1.29 is 14.3 Å². The zero-order chi connectivity index (χ0) is 14.1. The summed E-state index contributed by atoms with van der Waals surface area (Å²) in [6, 6.07) is 7.24. The van der Waals surface area contributed by atoms with Gasteiger partial charge in [-0.1, -0.05) is 12.1 Å². The number of nitrogens with two attached hydrogens (primary N) is 1. The average molecular weight is 265 g/mol. The van der Waals surface area contributed by atoms with E-state index in [1.165, 1.54) is 0 Å². The van der Waals surface area contributed by atoms with E-state index < -0.39 is 5.91 Å². The number of benzene rings is 1. The molecule has 0 saturated carbocycles. The SMILES string of the molecule is CCNC(=O)CNCc1ccc(OCC(N)=O)cc1. The van der Waals surface area contributed by atoms with Gasteiger partial charge in [0.05, 0.1) is 6.54 Å². The highest BCUT2D eigenvalue weighted by Gasteiger charge is 2.00. The topological polar surface area (TPSA) is 93.4 Å². The van der Waals surface area contributed by atoms with Crippen LogP contribution in [0.4, 0.5) is 0 Å². The molecule has 6 nitrogen and oxygen atoms in total. The largest absolute Gasteiger partial charge is 0.484 e. The third-order valence-corrected chi connectivity index (χ3v) is 2.29. The van der Waals surface area contributed by atoms with Crippen molar-refractivity contribution in [2.45, 2.75) is 13.5 Å². The lowest BCUT2D eigenvalue weighted by molar-refractivity contribution is -0.120. The van der Waals surface area contributed by atoms with E-state index in [-0.39, 0.29) is 19.1 Å². The second kappa shape index (κ2) is 8.10. The number of rotatable bonds is 8. The number of carbonyl (C=O) groups excluding carboxylic acids is 2. The van der Waals surface area contributed by atoms with Crippen LogP contribution in [0.3, 0.4) is 0 Å².